The molecule has 6 nitrogen and oxygen atoms in total. The number of benzene rings is 1. The van der Waals surface area contributed by atoms with Gasteiger partial charge < -0.3 is 9.15 Å². The molecule has 32 heavy (non-hydrogen) atoms. The molecule has 1 aromatic carbocycles. The van der Waals surface area contributed by atoms with Crippen molar-refractivity contribution in [3.8, 4) is 0 Å². The molecule has 1 aliphatic rings. The van der Waals surface area contributed by atoms with E-state index in [4.69, 9.17) is 9.15 Å². The van der Waals surface area contributed by atoms with Crippen LogP contribution in [0.15, 0.2) is 61.9 Å². The second kappa shape index (κ2) is 9.19. The lowest BCUT2D eigenvalue weighted by Gasteiger charge is -2.25. The van der Waals surface area contributed by atoms with Crippen LogP contribution >= 0.6 is 33.9 Å². The van der Waals surface area contributed by atoms with Gasteiger partial charge in [-0.15, -0.1) is 0 Å². The monoisotopic (exact) mass is 562 g/mol. The molecule has 0 radical (unpaired) electrons. The number of thiazole rings is 1. The van der Waals surface area contributed by atoms with Gasteiger partial charge in [-0.25, -0.2) is 9.79 Å². The van der Waals surface area contributed by atoms with Gasteiger partial charge in [-0.1, -0.05) is 49.4 Å². The predicted molar refractivity (Wildman–Crippen MR) is 132 cm³/mol. The number of rotatable bonds is 5. The minimum absolute atomic E-state index is 0.215. The predicted octanol–water partition coefficient (Wildman–Crippen LogP) is 4.12. The second-order valence-electron chi connectivity index (χ2n) is 7.77. The molecular weight excluding hydrogens is 539 g/mol. The molecule has 0 bridgehead atoms. The lowest BCUT2D eigenvalue weighted by molar-refractivity contribution is -0.139. The van der Waals surface area contributed by atoms with Gasteiger partial charge in [-0.3, -0.25) is 9.36 Å². The van der Waals surface area contributed by atoms with E-state index in [0.717, 1.165) is 9.33 Å². The zero-order chi connectivity index (χ0) is 23.0. The Hall–Kier alpha value is -2.46. The first kappa shape index (κ1) is 22.7. The summed E-state index contributed by atoms with van der Waals surface area (Å²) in [6.45, 7) is 8.05. The van der Waals surface area contributed by atoms with Crippen LogP contribution in [0.25, 0.3) is 6.08 Å². The summed E-state index contributed by atoms with van der Waals surface area (Å²) in [6, 6.07) is 11.1. The fraction of sp³-hybridized carbons (Fsp3) is 0.292. The summed E-state index contributed by atoms with van der Waals surface area (Å²) in [5.41, 5.74) is 2.75. The number of ether oxygens (including phenoxy) is 1. The number of hydrogen-bond acceptors (Lipinski definition) is 6. The maximum Gasteiger partial charge on any atom is 0.338 e. The molecule has 3 heterocycles. The van der Waals surface area contributed by atoms with E-state index in [9.17, 15) is 9.59 Å². The molecule has 3 aromatic rings. The highest BCUT2D eigenvalue weighted by molar-refractivity contribution is 14.1. The van der Waals surface area contributed by atoms with Crippen molar-refractivity contribution >= 4 is 46.0 Å². The Morgan fingerprint density at radius 2 is 2.00 bits per heavy atom. The molecule has 0 unspecified atom stereocenters. The van der Waals surface area contributed by atoms with Crippen molar-refractivity contribution in [3.63, 3.8) is 0 Å². The normalized spacial score (nSPS) is 16.3. The Kier molecular flexibility index (Phi) is 6.52. The van der Waals surface area contributed by atoms with Crippen LogP contribution in [0.5, 0.6) is 0 Å². The molecule has 0 spiro atoms. The molecule has 0 aliphatic carbocycles. The van der Waals surface area contributed by atoms with E-state index in [-0.39, 0.29) is 12.2 Å². The summed E-state index contributed by atoms with van der Waals surface area (Å²) >= 11 is 3.37. The zero-order valence-electron chi connectivity index (χ0n) is 18.2. The van der Waals surface area contributed by atoms with Gasteiger partial charge in [0.15, 0.2) is 8.57 Å². The number of allylic oxidation sites excluding steroid dienone is 1. The molecule has 1 aliphatic heterocycles. The van der Waals surface area contributed by atoms with E-state index in [1.54, 1.807) is 24.5 Å². The summed E-state index contributed by atoms with van der Waals surface area (Å²) in [4.78, 5) is 31.5. The minimum atomic E-state index is -0.606. The summed E-state index contributed by atoms with van der Waals surface area (Å²) in [7, 11) is 0. The van der Waals surface area contributed by atoms with Crippen LogP contribution in [-0.2, 0) is 9.53 Å². The largest absolute Gasteiger partial charge is 0.463 e. The number of esters is 1. The number of carbonyl (C=O) groups excluding carboxylic acids is 1. The van der Waals surface area contributed by atoms with Crippen molar-refractivity contribution < 1.29 is 13.9 Å². The van der Waals surface area contributed by atoms with Gasteiger partial charge in [-0.05, 0) is 65.6 Å². The highest BCUT2D eigenvalue weighted by Gasteiger charge is 2.33. The lowest BCUT2D eigenvalue weighted by Crippen LogP contribution is -2.39. The van der Waals surface area contributed by atoms with Crippen LogP contribution < -0.4 is 14.9 Å². The van der Waals surface area contributed by atoms with Gasteiger partial charge >= 0.3 is 5.97 Å². The zero-order valence-corrected chi connectivity index (χ0v) is 21.2. The molecular formula is C24H23IN2O4S. The van der Waals surface area contributed by atoms with Crippen molar-refractivity contribution in [1.82, 2.24) is 4.57 Å². The molecule has 0 amide bonds. The van der Waals surface area contributed by atoms with Crippen LogP contribution in [0.3, 0.4) is 0 Å². The molecule has 2 aromatic heterocycles. The Balaban J connectivity index is 1.93. The molecule has 0 fully saturated rings. The smallest absolute Gasteiger partial charge is 0.338 e. The van der Waals surface area contributed by atoms with Gasteiger partial charge in [0, 0.05) is 6.08 Å². The van der Waals surface area contributed by atoms with Crippen molar-refractivity contribution in [2.45, 2.75) is 39.7 Å². The first-order valence-electron chi connectivity index (χ1n) is 10.3. The molecule has 0 saturated heterocycles. The minimum Gasteiger partial charge on any atom is -0.463 e. The van der Waals surface area contributed by atoms with E-state index in [1.807, 2.05) is 36.4 Å². The van der Waals surface area contributed by atoms with Crippen LogP contribution in [0.2, 0.25) is 0 Å². The number of carbonyl (C=O) groups is 1. The highest BCUT2D eigenvalue weighted by atomic mass is 127. The lowest BCUT2D eigenvalue weighted by atomic mass is 9.93. The van der Waals surface area contributed by atoms with E-state index in [0.29, 0.717) is 32.3 Å². The average molecular weight is 562 g/mol. The van der Waals surface area contributed by atoms with Crippen LogP contribution in [0, 0.1) is 3.77 Å². The molecule has 4 rings (SSSR count). The standard InChI is InChI=1S/C24H23IN2O4S/c1-5-30-23(29)20-14(4)26-24-27(21(20)16-8-6-15(7-9-16)13(2)3)22(28)18(32-24)12-17-10-11-19(25)31-17/h6-13,21H,5H2,1-4H3/b18-12-/t21-/m0/s1. The van der Waals surface area contributed by atoms with E-state index >= 15 is 0 Å². The maximum absolute atomic E-state index is 13.5. The Bertz CT molecular complexity index is 1380. The van der Waals surface area contributed by atoms with Gasteiger partial charge in [0.2, 0.25) is 0 Å². The van der Waals surface area contributed by atoms with Crippen molar-refractivity contribution in [3.05, 3.63) is 88.0 Å². The van der Waals surface area contributed by atoms with Gasteiger partial charge in [0.25, 0.3) is 5.56 Å². The van der Waals surface area contributed by atoms with Crippen LogP contribution in [0.4, 0.5) is 0 Å². The van der Waals surface area contributed by atoms with E-state index in [1.165, 1.54) is 16.9 Å². The second-order valence-corrected chi connectivity index (χ2v) is 9.84. The number of nitrogens with zero attached hydrogens (tertiary/aromatic N) is 2. The molecule has 1 atom stereocenters. The molecule has 0 saturated carbocycles. The summed E-state index contributed by atoms with van der Waals surface area (Å²) in [6.07, 6.45) is 1.72. The number of hydrogen-bond donors (Lipinski definition) is 0. The third-order valence-electron chi connectivity index (χ3n) is 5.30. The topological polar surface area (TPSA) is 73.8 Å². The van der Waals surface area contributed by atoms with Crippen molar-refractivity contribution in [2.24, 2.45) is 4.99 Å². The first-order chi connectivity index (χ1) is 15.3. The van der Waals surface area contributed by atoms with Crippen molar-refractivity contribution in [2.75, 3.05) is 6.61 Å². The number of halogens is 1. The number of aromatic nitrogens is 1. The van der Waals surface area contributed by atoms with Gasteiger partial charge in [0.05, 0.1) is 28.5 Å². The molecule has 166 valence electrons. The molecule has 8 heteroatoms. The fourth-order valence-electron chi connectivity index (χ4n) is 3.71. The fourth-order valence-corrected chi connectivity index (χ4v) is 5.17. The third-order valence-corrected chi connectivity index (χ3v) is 6.87. The van der Waals surface area contributed by atoms with Crippen LogP contribution in [-0.4, -0.2) is 17.1 Å². The van der Waals surface area contributed by atoms with E-state index in [2.05, 4.69) is 41.4 Å². The average Bonchev–Trinajstić information content (AvgIpc) is 3.30. The SMILES string of the molecule is CCOC(=O)C1=C(C)N=c2s/c(=C\c3ccc(I)o3)c(=O)n2[C@H]1c1ccc(C(C)C)cc1. The summed E-state index contributed by atoms with van der Waals surface area (Å²) in [5.74, 6) is 0.518. The number of fused-ring (bicyclic) bond motifs is 1. The highest BCUT2D eigenvalue weighted by Crippen LogP contribution is 2.31. The quantitative estimate of drug-likeness (QED) is 0.347. The Labute approximate surface area is 203 Å². The first-order valence-corrected chi connectivity index (χ1v) is 12.2. The van der Waals surface area contributed by atoms with E-state index < -0.39 is 12.0 Å². The molecule has 0 N–H and O–H groups in total. The van der Waals surface area contributed by atoms with Gasteiger partial charge in [-0.2, -0.15) is 0 Å². The Morgan fingerprint density at radius 3 is 2.59 bits per heavy atom. The van der Waals surface area contributed by atoms with Crippen LogP contribution in [0.1, 0.15) is 56.5 Å². The third kappa shape index (κ3) is 4.25. The summed E-state index contributed by atoms with van der Waals surface area (Å²) in [5, 5.41) is 0. The van der Waals surface area contributed by atoms with Gasteiger partial charge in [0.1, 0.15) is 5.76 Å². The number of furan rings is 1. The Morgan fingerprint density at radius 1 is 1.28 bits per heavy atom. The van der Waals surface area contributed by atoms with Crippen molar-refractivity contribution in [1.29, 1.82) is 0 Å². The maximum atomic E-state index is 13.5. The summed E-state index contributed by atoms with van der Waals surface area (Å²) < 4.78 is 13.8.